The zero-order valence-corrected chi connectivity index (χ0v) is 25.6. The molecule has 0 aliphatic carbocycles. The molecule has 0 bridgehead atoms. The molecule has 0 heterocycles. The van der Waals surface area contributed by atoms with Crippen LogP contribution in [0.1, 0.15) is 82.8 Å². The van der Waals surface area contributed by atoms with Crippen LogP contribution in [0.4, 0.5) is 9.59 Å². The third kappa shape index (κ3) is 18.1. The van der Waals surface area contributed by atoms with E-state index in [9.17, 15) is 19.2 Å². The number of carbonyl (C=O) groups is 4. The van der Waals surface area contributed by atoms with E-state index >= 15 is 0 Å². The average Bonchev–Trinajstić information content (AvgIpc) is 2.93. The molecule has 0 saturated carbocycles. The van der Waals surface area contributed by atoms with E-state index in [1.807, 2.05) is 13.8 Å². The molecule has 1 rings (SSSR count). The lowest BCUT2D eigenvalue weighted by Gasteiger charge is -2.20. The van der Waals surface area contributed by atoms with Gasteiger partial charge < -0.3 is 32.7 Å². The number of hydrogen-bond donors (Lipinski definition) is 6. The molecule has 0 aliphatic heterocycles. The maximum atomic E-state index is 12.8. The fourth-order valence-corrected chi connectivity index (χ4v) is 4.63. The highest BCUT2D eigenvalue weighted by Crippen LogP contribution is 2.16. The molecule has 8 N–H and O–H groups in total. The molecule has 10 nitrogen and oxygen atoms in total. The van der Waals surface area contributed by atoms with E-state index in [2.05, 4.69) is 52.5 Å². The summed E-state index contributed by atoms with van der Waals surface area (Å²) >= 11 is 0. The molecule has 0 saturated heterocycles. The number of rotatable bonds is 21. The van der Waals surface area contributed by atoms with E-state index in [1.165, 1.54) is 11.1 Å². The standard InChI is InChI=1S/C31H54N6O4/c1-22-8-11-25(12-9-22)18-27(33)13-15-29(39)19-26(7-5-6-16-32)21-36-31(41)37-24(3)10-14-28(38)17-23(2)20-35-30(40)34-4/h8-9,11-12,23-24,26-27H,5-7,10,13-21,32-33H2,1-4H3,(H2,34,35,40)(H2,36,37,41)/t23-,24+,26-,27-/m1/s1. The number of Topliss-reactive ketones (excluding diaryl/α,β-unsaturated/α-hetero) is 2. The molecule has 232 valence electrons. The Bertz CT molecular complexity index is 924. The monoisotopic (exact) mass is 574 g/mol. The summed E-state index contributed by atoms with van der Waals surface area (Å²) in [7, 11) is 1.54. The maximum Gasteiger partial charge on any atom is 0.315 e. The van der Waals surface area contributed by atoms with E-state index in [0.29, 0.717) is 58.2 Å². The van der Waals surface area contributed by atoms with Crippen LogP contribution in [0, 0.1) is 18.8 Å². The van der Waals surface area contributed by atoms with Gasteiger partial charge in [-0.3, -0.25) is 9.59 Å². The molecule has 0 unspecified atom stereocenters. The number of amides is 4. The summed E-state index contributed by atoms with van der Waals surface area (Å²) in [6, 6.07) is 7.48. The molecule has 41 heavy (non-hydrogen) atoms. The normalized spacial score (nSPS) is 13.9. The molecule has 0 spiro atoms. The van der Waals surface area contributed by atoms with Crippen LogP contribution < -0.4 is 32.7 Å². The summed E-state index contributed by atoms with van der Waals surface area (Å²) in [6.45, 7) is 7.26. The van der Waals surface area contributed by atoms with E-state index < -0.39 is 0 Å². The number of benzene rings is 1. The van der Waals surface area contributed by atoms with Crippen LogP contribution in [0.5, 0.6) is 0 Å². The van der Waals surface area contributed by atoms with Crippen LogP contribution in [0.25, 0.3) is 0 Å². The summed E-state index contributed by atoms with van der Waals surface area (Å²) in [5.41, 5.74) is 14.3. The van der Waals surface area contributed by atoms with Crippen molar-refractivity contribution in [1.82, 2.24) is 21.3 Å². The summed E-state index contributed by atoms with van der Waals surface area (Å²) in [5, 5.41) is 11.0. The first-order valence-electron chi connectivity index (χ1n) is 15.1. The summed E-state index contributed by atoms with van der Waals surface area (Å²) in [6.07, 6.45) is 6.06. The number of carbonyl (C=O) groups excluding carboxylic acids is 4. The molecular formula is C31H54N6O4. The number of ketones is 2. The highest BCUT2D eigenvalue weighted by atomic mass is 16.2. The van der Waals surface area contributed by atoms with Crippen molar-refractivity contribution in [1.29, 1.82) is 0 Å². The Morgan fingerprint density at radius 3 is 2.12 bits per heavy atom. The number of hydrogen-bond acceptors (Lipinski definition) is 6. The Balaban J connectivity index is 2.39. The van der Waals surface area contributed by atoms with Crippen molar-refractivity contribution in [3.8, 4) is 0 Å². The molecular weight excluding hydrogens is 520 g/mol. The molecule has 4 amide bonds. The maximum absolute atomic E-state index is 12.8. The zero-order valence-electron chi connectivity index (χ0n) is 25.6. The topological polar surface area (TPSA) is 168 Å². The van der Waals surface area contributed by atoms with Crippen molar-refractivity contribution >= 4 is 23.6 Å². The first-order valence-corrected chi connectivity index (χ1v) is 15.1. The van der Waals surface area contributed by atoms with Gasteiger partial charge >= 0.3 is 12.1 Å². The summed E-state index contributed by atoms with van der Waals surface area (Å²) in [5.74, 6) is 0.336. The second-order valence-corrected chi connectivity index (χ2v) is 11.5. The van der Waals surface area contributed by atoms with Crippen LogP contribution in [-0.2, 0) is 16.0 Å². The van der Waals surface area contributed by atoms with Gasteiger partial charge in [0.15, 0.2) is 0 Å². The van der Waals surface area contributed by atoms with Gasteiger partial charge in [-0.25, -0.2) is 9.59 Å². The summed E-state index contributed by atoms with van der Waals surface area (Å²) < 4.78 is 0. The molecule has 1 aromatic rings. The second kappa shape index (κ2) is 20.8. The second-order valence-electron chi connectivity index (χ2n) is 11.5. The number of nitrogens with two attached hydrogens (primary N) is 2. The quantitative estimate of drug-likeness (QED) is 0.123. The lowest BCUT2D eigenvalue weighted by atomic mass is 9.93. The molecule has 0 aromatic heterocycles. The molecule has 1 aromatic carbocycles. The fourth-order valence-electron chi connectivity index (χ4n) is 4.63. The predicted molar refractivity (Wildman–Crippen MR) is 165 cm³/mol. The van der Waals surface area contributed by atoms with E-state index in [0.717, 1.165) is 25.7 Å². The van der Waals surface area contributed by atoms with E-state index in [1.54, 1.807) is 7.05 Å². The number of nitrogens with one attached hydrogen (secondary N) is 4. The Labute approximate surface area is 246 Å². The zero-order chi connectivity index (χ0) is 30.6. The Hall–Kier alpha value is -2.98. The van der Waals surface area contributed by atoms with Gasteiger partial charge in [0, 0.05) is 57.9 Å². The van der Waals surface area contributed by atoms with Crippen molar-refractivity contribution in [2.45, 2.75) is 97.1 Å². The van der Waals surface area contributed by atoms with Gasteiger partial charge in [-0.2, -0.15) is 0 Å². The van der Waals surface area contributed by atoms with Gasteiger partial charge in [-0.1, -0.05) is 43.2 Å². The Morgan fingerprint density at radius 1 is 0.829 bits per heavy atom. The molecule has 0 aliphatic rings. The van der Waals surface area contributed by atoms with Crippen molar-refractivity contribution in [3.63, 3.8) is 0 Å². The smallest absolute Gasteiger partial charge is 0.315 e. The summed E-state index contributed by atoms with van der Waals surface area (Å²) in [4.78, 5) is 48.8. The van der Waals surface area contributed by atoms with Gasteiger partial charge in [-0.05, 0) is 69.9 Å². The Kier molecular flexibility index (Phi) is 18.3. The van der Waals surface area contributed by atoms with Crippen molar-refractivity contribution in [2.24, 2.45) is 23.3 Å². The minimum atomic E-state index is -0.301. The van der Waals surface area contributed by atoms with Crippen LogP contribution >= 0.6 is 0 Å². The van der Waals surface area contributed by atoms with Gasteiger partial charge in [0.2, 0.25) is 0 Å². The highest BCUT2D eigenvalue weighted by Gasteiger charge is 2.18. The predicted octanol–water partition coefficient (Wildman–Crippen LogP) is 3.34. The third-order valence-electron chi connectivity index (χ3n) is 7.19. The van der Waals surface area contributed by atoms with Crippen molar-refractivity contribution < 1.29 is 19.2 Å². The van der Waals surface area contributed by atoms with E-state index in [4.69, 9.17) is 11.5 Å². The number of unbranched alkanes of at least 4 members (excludes halogenated alkanes) is 1. The first kappa shape index (κ1) is 36.0. The average molecular weight is 575 g/mol. The van der Waals surface area contributed by atoms with Crippen LogP contribution in [0.2, 0.25) is 0 Å². The first-order chi connectivity index (χ1) is 19.5. The van der Waals surface area contributed by atoms with Crippen LogP contribution in [0.3, 0.4) is 0 Å². The highest BCUT2D eigenvalue weighted by molar-refractivity contribution is 5.80. The van der Waals surface area contributed by atoms with Gasteiger partial charge in [-0.15, -0.1) is 0 Å². The van der Waals surface area contributed by atoms with E-state index in [-0.39, 0.29) is 47.5 Å². The number of urea groups is 2. The largest absolute Gasteiger partial charge is 0.341 e. The van der Waals surface area contributed by atoms with Crippen molar-refractivity contribution in [2.75, 3.05) is 26.7 Å². The lowest BCUT2D eigenvalue weighted by molar-refractivity contribution is -0.120. The molecule has 0 fully saturated rings. The number of aryl methyl sites for hydroxylation is 1. The molecule has 10 heteroatoms. The van der Waals surface area contributed by atoms with Gasteiger partial charge in [0.05, 0.1) is 0 Å². The van der Waals surface area contributed by atoms with Crippen molar-refractivity contribution in [3.05, 3.63) is 35.4 Å². The third-order valence-corrected chi connectivity index (χ3v) is 7.19. The van der Waals surface area contributed by atoms with Gasteiger partial charge in [0.1, 0.15) is 11.6 Å². The minimum absolute atomic E-state index is 0.0363. The lowest BCUT2D eigenvalue weighted by Crippen LogP contribution is -2.43. The minimum Gasteiger partial charge on any atom is -0.341 e. The van der Waals surface area contributed by atoms with Gasteiger partial charge in [0.25, 0.3) is 0 Å². The SMILES string of the molecule is CNC(=O)NC[C@H](C)CC(=O)CC[C@H](C)NC(=O)NC[C@H](CCCCN)CC(=O)CC[C@@H](N)Cc1ccc(C)cc1. The molecule has 4 atom stereocenters. The van der Waals surface area contributed by atoms with Crippen LogP contribution in [-0.4, -0.2) is 62.4 Å². The molecule has 0 radical (unpaired) electrons. The van der Waals surface area contributed by atoms with Crippen LogP contribution in [0.15, 0.2) is 24.3 Å². The fraction of sp³-hybridized carbons (Fsp3) is 0.677. The Morgan fingerprint density at radius 2 is 1.46 bits per heavy atom.